The lowest BCUT2D eigenvalue weighted by Crippen LogP contribution is -2.63. The number of ether oxygens (including phenoxy) is 1. The molecule has 138 valence electrons. The number of nitrogens with one attached hydrogen (secondary N) is 1. The van der Waals surface area contributed by atoms with E-state index in [1.165, 1.54) is 12.0 Å². The highest BCUT2D eigenvalue weighted by atomic mass is 16.5. The summed E-state index contributed by atoms with van der Waals surface area (Å²) in [5.74, 6) is -0.0810. The summed E-state index contributed by atoms with van der Waals surface area (Å²) in [6, 6.07) is 3.06. The van der Waals surface area contributed by atoms with Crippen molar-refractivity contribution in [3.63, 3.8) is 0 Å². The van der Waals surface area contributed by atoms with Crippen LogP contribution in [0.5, 0.6) is 5.88 Å². The van der Waals surface area contributed by atoms with E-state index in [0.29, 0.717) is 24.4 Å². The molecular formula is C17H26N4O4. The molecule has 8 heteroatoms. The van der Waals surface area contributed by atoms with Gasteiger partial charge in [-0.15, -0.1) is 0 Å². The molecule has 1 aliphatic heterocycles. The first-order chi connectivity index (χ1) is 11.6. The third kappa shape index (κ3) is 3.94. The van der Waals surface area contributed by atoms with Crippen LogP contribution in [0.4, 0.5) is 10.5 Å². The van der Waals surface area contributed by atoms with Gasteiger partial charge in [0.25, 0.3) is 0 Å². The molecule has 1 fully saturated rings. The number of amides is 2. The van der Waals surface area contributed by atoms with Gasteiger partial charge in [0, 0.05) is 37.0 Å². The van der Waals surface area contributed by atoms with Crippen molar-refractivity contribution in [1.82, 2.24) is 9.88 Å². The van der Waals surface area contributed by atoms with Crippen molar-refractivity contribution in [1.29, 1.82) is 0 Å². The Balaban J connectivity index is 2.36. The Kier molecular flexibility index (Phi) is 5.10. The van der Waals surface area contributed by atoms with Gasteiger partial charge < -0.3 is 25.8 Å². The first-order valence-electron chi connectivity index (χ1n) is 8.17. The van der Waals surface area contributed by atoms with E-state index in [2.05, 4.69) is 10.3 Å². The molecule has 2 heterocycles. The second-order valence-electron chi connectivity index (χ2n) is 7.47. The second kappa shape index (κ2) is 6.78. The van der Waals surface area contributed by atoms with Crippen LogP contribution >= 0.6 is 0 Å². The lowest BCUT2D eigenvalue weighted by atomic mass is 9.73. The number of hydrogen-bond acceptors (Lipinski definition) is 5. The largest absolute Gasteiger partial charge is 0.481 e. The number of nitrogens with two attached hydrogens (primary N) is 1. The van der Waals surface area contributed by atoms with Crippen molar-refractivity contribution >= 4 is 17.7 Å². The highest BCUT2D eigenvalue weighted by molar-refractivity contribution is 5.88. The molecule has 0 aliphatic carbocycles. The van der Waals surface area contributed by atoms with Gasteiger partial charge in [0.1, 0.15) is 5.54 Å². The van der Waals surface area contributed by atoms with E-state index >= 15 is 0 Å². The minimum atomic E-state index is -1.03. The number of carbonyl (C=O) groups excluding carboxylic acids is 1. The molecule has 0 aromatic carbocycles. The van der Waals surface area contributed by atoms with Crippen LogP contribution in [0.2, 0.25) is 0 Å². The van der Waals surface area contributed by atoms with Gasteiger partial charge in [-0.05, 0) is 17.9 Å². The van der Waals surface area contributed by atoms with Crippen molar-refractivity contribution in [2.24, 2.45) is 11.1 Å². The second-order valence-corrected chi connectivity index (χ2v) is 7.47. The maximum absolute atomic E-state index is 12.3. The first kappa shape index (κ1) is 18.8. The molecule has 1 aromatic rings. The number of likely N-dealkylation sites (tertiary alicyclic amines) is 1. The Morgan fingerprint density at radius 2 is 2.16 bits per heavy atom. The maximum Gasteiger partial charge on any atom is 0.407 e. The number of anilines is 1. The van der Waals surface area contributed by atoms with Crippen LogP contribution in [-0.4, -0.2) is 52.2 Å². The quantitative estimate of drug-likeness (QED) is 0.763. The summed E-state index contributed by atoms with van der Waals surface area (Å²) in [5.41, 5.74) is 5.02. The lowest BCUT2D eigenvalue weighted by Gasteiger charge is -2.49. The molecule has 0 saturated carbocycles. The molecule has 2 amide bonds. The number of methoxy groups -OCH3 is 1. The van der Waals surface area contributed by atoms with Crippen LogP contribution in [-0.2, 0) is 4.79 Å². The number of primary amides is 1. The van der Waals surface area contributed by atoms with Crippen molar-refractivity contribution in [3.05, 3.63) is 18.3 Å². The fourth-order valence-electron chi connectivity index (χ4n) is 3.29. The monoisotopic (exact) mass is 350 g/mol. The van der Waals surface area contributed by atoms with Crippen LogP contribution in [0.3, 0.4) is 0 Å². The Hall–Kier alpha value is -2.51. The van der Waals surface area contributed by atoms with Gasteiger partial charge in [-0.25, -0.2) is 9.78 Å². The molecule has 2 rings (SSSR count). The van der Waals surface area contributed by atoms with Crippen LogP contribution in [0, 0.1) is 5.41 Å². The molecule has 0 radical (unpaired) electrons. The van der Waals surface area contributed by atoms with E-state index in [0.717, 1.165) is 0 Å². The van der Waals surface area contributed by atoms with E-state index in [1.54, 1.807) is 18.3 Å². The fourth-order valence-corrected chi connectivity index (χ4v) is 3.29. The average Bonchev–Trinajstić information content (AvgIpc) is 2.53. The first-order valence-corrected chi connectivity index (χ1v) is 8.17. The topological polar surface area (TPSA) is 118 Å². The number of pyridine rings is 1. The number of hydrogen-bond donors (Lipinski definition) is 3. The Labute approximate surface area is 147 Å². The van der Waals surface area contributed by atoms with E-state index in [1.807, 2.05) is 20.8 Å². The summed E-state index contributed by atoms with van der Waals surface area (Å²) in [6.45, 7) is 6.11. The highest BCUT2D eigenvalue weighted by Crippen LogP contribution is 2.38. The minimum absolute atomic E-state index is 0.232. The molecule has 8 nitrogen and oxygen atoms in total. The van der Waals surface area contributed by atoms with Crippen LogP contribution in [0.15, 0.2) is 18.3 Å². The SMILES string of the molecule is COc1cc(NC2(C(N)=O)CCN(C(=O)O)C(C(C)(C)C)C2)ccn1. The number of rotatable bonds is 4. The van der Waals surface area contributed by atoms with Crippen molar-refractivity contribution in [2.45, 2.75) is 45.2 Å². The average molecular weight is 350 g/mol. The maximum atomic E-state index is 12.3. The van der Waals surface area contributed by atoms with E-state index < -0.39 is 17.5 Å². The summed E-state index contributed by atoms with van der Waals surface area (Å²) in [7, 11) is 1.51. The summed E-state index contributed by atoms with van der Waals surface area (Å²) >= 11 is 0. The van der Waals surface area contributed by atoms with Gasteiger partial charge in [0.15, 0.2) is 0 Å². The van der Waals surface area contributed by atoms with Gasteiger partial charge in [0.05, 0.1) is 7.11 Å². The third-order valence-electron chi connectivity index (χ3n) is 4.74. The zero-order valence-corrected chi connectivity index (χ0v) is 15.1. The van der Waals surface area contributed by atoms with Crippen molar-refractivity contribution < 1.29 is 19.4 Å². The fraction of sp³-hybridized carbons (Fsp3) is 0.588. The molecule has 1 aliphatic rings. The Morgan fingerprint density at radius 1 is 1.48 bits per heavy atom. The number of piperidine rings is 1. The van der Waals surface area contributed by atoms with E-state index in [4.69, 9.17) is 10.5 Å². The molecule has 2 atom stereocenters. The van der Waals surface area contributed by atoms with Crippen molar-refractivity contribution in [2.75, 3.05) is 19.0 Å². The zero-order chi connectivity index (χ0) is 18.8. The summed E-state index contributed by atoms with van der Waals surface area (Å²) in [6.07, 6.45) is 1.18. The van der Waals surface area contributed by atoms with Crippen LogP contribution in [0.25, 0.3) is 0 Å². The third-order valence-corrected chi connectivity index (χ3v) is 4.74. The van der Waals surface area contributed by atoms with Gasteiger partial charge >= 0.3 is 6.09 Å². The number of carbonyl (C=O) groups is 2. The predicted octanol–water partition coefficient (Wildman–Crippen LogP) is 1.91. The minimum Gasteiger partial charge on any atom is -0.481 e. The van der Waals surface area contributed by atoms with Crippen LogP contribution < -0.4 is 15.8 Å². The van der Waals surface area contributed by atoms with Gasteiger partial charge in [-0.2, -0.15) is 0 Å². The Bertz CT molecular complexity index is 658. The summed E-state index contributed by atoms with van der Waals surface area (Å²) in [4.78, 5) is 29.4. The van der Waals surface area contributed by atoms with Gasteiger partial charge in [-0.3, -0.25) is 4.79 Å². The number of nitrogens with zero attached hydrogens (tertiary/aromatic N) is 2. The summed E-state index contributed by atoms with van der Waals surface area (Å²) < 4.78 is 5.11. The van der Waals surface area contributed by atoms with Gasteiger partial charge in [0.2, 0.25) is 11.8 Å². The van der Waals surface area contributed by atoms with E-state index in [9.17, 15) is 14.7 Å². The molecule has 2 unspecified atom stereocenters. The number of aromatic nitrogens is 1. The lowest BCUT2D eigenvalue weighted by molar-refractivity contribution is -0.125. The summed E-state index contributed by atoms with van der Waals surface area (Å²) in [5, 5.41) is 12.7. The van der Waals surface area contributed by atoms with Crippen molar-refractivity contribution in [3.8, 4) is 5.88 Å². The molecule has 1 aromatic heterocycles. The molecule has 0 spiro atoms. The highest BCUT2D eigenvalue weighted by Gasteiger charge is 2.49. The molecule has 25 heavy (non-hydrogen) atoms. The zero-order valence-electron chi connectivity index (χ0n) is 15.1. The normalized spacial score (nSPS) is 23.8. The molecule has 4 N–H and O–H groups in total. The van der Waals surface area contributed by atoms with E-state index in [-0.39, 0.29) is 18.0 Å². The molecule has 1 saturated heterocycles. The standard InChI is InChI=1S/C17H26N4O4/c1-16(2,3)12-10-17(14(18)22,6-8-21(12)15(23)24)20-11-5-7-19-13(9-11)25-4/h5,7,9,12H,6,8,10H2,1-4H3,(H2,18,22)(H,19,20)(H,23,24). The Morgan fingerprint density at radius 3 is 2.68 bits per heavy atom. The smallest absolute Gasteiger partial charge is 0.407 e. The molecular weight excluding hydrogens is 324 g/mol. The molecule has 0 bridgehead atoms. The predicted molar refractivity (Wildman–Crippen MR) is 93.5 cm³/mol. The van der Waals surface area contributed by atoms with Crippen LogP contribution in [0.1, 0.15) is 33.6 Å². The van der Waals surface area contributed by atoms with Gasteiger partial charge in [-0.1, -0.05) is 20.8 Å². The number of carboxylic acid groups (broad SMARTS) is 1.